The molecule has 0 saturated carbocycles. The first kappa shape index (κ1) is 12.1. The van der Waals surface area contributed by atoms with E-state index in [4.69, 9.17) is 16.4 Å². The van der Waals surface area contributed by atoms with Crippen LogP contribution in [0.25, 0.3) is 6.08 Å². The zero-order valence-electron chi connectivity index (χ0n) is 9.67. The van der Waals surface area contributed by atoms with E-state index in [0.717, 1.165) is 10.4 Å². The molecule has 0 spiro atoms. The Morgan fingerprint density at radius 3 is 2.68 bits per heavy atom. The van der Waals surface area contributed by atoms with Crippen molar-refractivity contribution in [1.29, 1.82) is 0 Å². The number of oxime groups is 1. The van der Waals surface area contributed by atoms with Crippen molar-refractivity contribution in [2.24, 2.45) is 5.16 Å². The second-order valence-electron chi connectivity index (χ2n) is 3.91. The molecule has 0 bridgehead atoms. The number of benzene rings is 1. The number of hydrogen-bond donors (Lipinski definition) is 0. The summed E-state index contributed by atoms with van der Waals surface area (Å²) in [6, 6.07) is 11.0. The SMILES string of the molecule is O=C1ON=C(c2cccs2)/C1=C/c1ccc(Cl)cc1. The van der Waals surface area contributed by atoms with Gasteiger partial charge in [-0.15, -0.1) is 11.3 Å². The Hall–Kier alpha value is -1.91. The molecule has 1 aromatic heterocycles. The van der Waals surface area contributed by atoms with Gasteiger partial charge in [0.15, 0.2) is 0 Å². The van der Waals surface area contributed by atoms with Gasteiger partial charge >= 0.3 is 5.97 Å². The molecule has 3 nitrogen and oxygen atoms in total. The molecule has 0 aliphatic carbocycles. The average Bonchev–Trinajstić information content (AvgIpc) is 3.03. The number of nitrogens with zero attached hydrogens (tertiary/aromatic N) is 1. The summed E-state index contributed by atoms with van der Waals surface area (Å²) in [5.41, 5.74) is 1.92. The molecule has 3 rings (SSSR count). The largest absolute Gasteiger partial charge is 0.368 e. The molecule has 1 aliphatic rings. The Morgan fingerprint density at radius 1 is 1.21 bits per heavy atom. The first-order valence-electron chi connectivity index (χ1n) is 5.55. The number of hydrogen-bond acceptors (Lipinski definition) is 4. The maximum Gasteiger partial charge on any atom is 0.368 e. The molecule has 1 aliphatic heterocycles. The lowest BCUT2D eigenvalue weighted by molar-refractivity contribution is -0.136. The molecule has 1 aromatic carbocycles. The van der Waals surface area contributed by atoms with Crippen molar-refractivity contribution in [3.63, 3.8) is 0 Å². The van der Waals surface area contributed by atoms with Crippen molar-refractivity contribution in [2.75, 3.05) is 0 Å². The normalized spacial score (nSPS) is 16.6. The third-order valence-corrected chi connectivity index (χ3v) is 3.76. The van der Waals surface area contributed by atoms with Crippen molar-refractivity contribution in [2.45, 2.75) is 0 Å². The van der Waals surface area contributed by atoms with Crippen molar-refractivity contribution in [3.05, 3.63) is 62.8 Å². The third-order valence-electron chi connectivity index (χ3n) is 2.63. The predicted octanol–water partition coefficient (Wildman–Crippen LogP) is 3.75. The summed E-state index contributed by atoms with van der Waals surface area (Å²) in [6.07, 6.45) is 1.75. The summed E-state index contributed by atoms with van der Waals surface area (Å²) in [5.74, 6) is -0.432. The van der Waals surface area contributed by atoms with Crippen LogP contribution in [-0.2, 0) is 9.63 Å². The van der Waals surface area contributed by atoms with Crippen LogP contribution in [0.4, 0.5) is 0 Å². The molecule has 0 unspecified atom stereocenters. The summed E-state index contributed by atoms with van der Waals surface area (Å²) >= 11 is 7.35. The first-order valence-corrected chi connectivity index (χ1v) is 6.80. The van der Waals surface area contributed by atoms with Gasteiger partial charge in [-0.3, -0.25) is 0 Å². The standard InChI is InChI=1S/C14H8ClNO2S/c15-10-5-3-9(4-6-10)8-11-13(16-18-14(11)17)12-2-1-7-19-12/h1-8H/b11-8-. The maximum atomic E-state index is 11.7. The lowest BCUT2D eigenvalue weighted by atomic mass is 10.1. The third kappa shape index (κ3) is 2.45. The fourth-order valence-electron chi connectivity index (χ4n) is 1.73. The smallest absolute Gasteiger partial charge is 0.312 e. The number of rotatable bonds is 2. The Kier molecular flexibility index (Phi) is 3.19. The van der Waals surface area contributed by atoms with E-state index in [1.165, 1.54) is 11.3 Å². The van der Waals surface area contributed by atoms with Gasteiger partial charge in [0, 0.05) is 5.02 Å². The molecule has 19 heavy (non-hydrogen) atoms. The monoisotopic (exact) mass is 289 g/mol. The summed E-state index contributed by atoms with van der Waals surface area (Å²) in [5, 5.41) is 6.42. The summed E-state index contributed by atoms with van der Waals surface area (Å²) < 4.78 is 0. The van der Waals surface area contributed by atoms with Gasteiger partial charge in [-0.05, 0) is 35.2 Å². The Balaban J connectivity index is 2.00. The first-order chi connectivity index (χ1) is 9.24. The lowest BCUT2D eigenvalue weighted by Crippen LogP contribution is -2.05. The van der Waals surface area contributed by atoms with Crippen LogP contribution in [0.3, 0.4) is 0 Å². The highest BCUT2D eigenvalue weighted by molar-refractivity contribution is 7.12. The van der Waals surface area contributed by atoms with Gasteiger partial charge in [0.2, 0.25) is 0 Å². The number of halogens is 1. The van der Waals surface area contributed by atoms with E-state index in [1.54, 1.807) is 18.2 Å². The van der Waals surface area contributed by atoms with E-state index in [0.29, 0.717) is 16.3 Å². The zero-order chi connectivity index (χ0) is 13.2. The van der Waals surface area contributed by atoms with Crippen LogP contribution in [0, 0.1) is 0 Å². The van der Waals surface area contributed by atoms with Crippen molar-refractivity contribution < 1.29 is 9.63 Å². The Morgan fingerprint density at radius 2 is 2.00 bits per heavy atom. The molecule has 0 radical (unpaired) electrons. The molecular formula is C14H8ClNO2S. The summed E-state index contributed by atoms with van der Waals surface area (Å²) in [4.78, 5) is 17.4. The fourth-order valence-corrected chi connectivity index (χ4v) is 2.57. The number of carbonyl (C=O) groups is 1. The van der Waals surface area contributed by atoms with Crippen LogP contribution >= 0.6 is 22.9 Å². The number of thiophene rings is 1. The van der Waals surface area contributed by atoms with E-state index in [-0.39, 0.29) is 0 Å². The van der Waals surface area contributed by atoms with Crippen molar-refractivity contribution >= 4 is 40.7 Å². The molecule has 5 heteroatoms. The molecule has 0 atom stereocenters. The van der Waals surface area contributed by atoms with Crippen LogP contribution in [0.1, 0.15) is 10.4 Å². The average molecular weight is 290 g/mol. The Labute approximate surface area is 118 Å². The molecule has 2 aromatic rings. The lowest BCUT2D eigenvalue weighted by Gasteiger charge is -1.98. The highest BCUT2D eigenvalue weighted by atomic mass is 35.5. The topological polar surface area (TPSA) is 38.7 Å². The minimum absolute atomic E-state index is 0.432. The summed E-state index contributed by atoms with van der Waals surface area (Å²) in [7, 11) is 0. The minimum Gasteiger partial charge on any atom is -0.312 e. The van der Waals surface area contributed by atoms with E-state index in [2.05, 4.69) is 5.16 Å². The van der Waals surface area contributed by atoms with Gasteiger partial charge in [0.25, 0.3) is 0 Å². The molecule has 0 N–H and O–H groups in total. The van der Waals surface area contributed by atoms with Gasteiger partial charge in [-0.25, -0.2) is 4.79 Å². The highest BCUT2D eigenvalue weighted by Gasteiger charge is 2.27. The minimum atomic E-state index is -0.432. The van der Waals surface area contributed by atoms with Crippen molar-refractivity contribution in [1.82, 2.24) is 0 Å². The van der Waals surface area contributed by atoms with Gasteiger partial charge < -0.3 is 4.84 Å². The Bertz CT molecular complexity index is 672. The number of carbonyl (C=O) groups excluding carboxylic acids is 1. The maximum absolute atomic E-state index is 11.7. The molecule has 0 fully saturated rings. The van der Waals surface area contributed by atoms with Crippen LogP contribution < -0.4 is 0 Å². The van der Waals surface area contributed by atoms with Crippen LogP contribution in [-0.4, -0.2) is 11.7 Å². The fraction of sp³-hybridized carbons (Fsp3) is 0. The van der Waals surface area contributed by atoms with Crippen molar-refractivity contribution in [3.8, 4) is 0 Å². The van der Waals surface area contributed by atoms with Gasteiger partial charge in [-0.2, -0.15) is 0 Å². The van der Waals surface area contributed by atoms with Gasteiger partial charge in [0.1, 0.15) is 5.71 Å². The molecule has 0 saturated heterocycles. The molecule has 2 heterocycles. The van der Waals surface area contributed by atoms with E-state index in [9.17, 15) is 4.79 Å². The second-order valence-corrected chi connectivity index (χ2v) is 5.29. The summed E-state index contributed by atoms with van der Waals surface area (Å²) in [6.45, 7) is 0. The highest BCUT2D eigenvalue weighted by Crippen LogP contribution is 2.23. The molecule has 0 amide bonds. The van der Waals surface area contributed by atoms with E-state index < -0.39 is 5.97 Å². The van der Waals surface area contributed by atoms with Gasteiger partial charge in [0.05, 0.1) is 10.5 Å². The van der Waals surface area contributed by atoms with Crippen LogP contribution in [0.5, 0.6) is 0 Å². The molecular weight excluding hydrogens is 282 g/mol. The predicted molar refractivity (Wildman–Crippen MR) is 76.4 cm³/mol. The molecule has 94 valence electrons. The van der Waals surface area contributed by atoms with Crippen LogP contribution in [0.2, 0.25) is 5.02 Å². The van der Waals surface area contributed by atoms with Gasteiger partial charge in [-0.1, -0.05) is 35.0 Å². The quantitative estimate of drug-likeness (QED) is 0.624. The van der Waals surface area contributed by atoms with Crippen LogP contribution in [0.15, 0.2) is 52.5 Å². The zero-order valence-corrected chi connectivity index (χ0v) is 11.2. The van der Waals surface area contributed by atoms with E-state index in [1.807, 2.05) is 29.6 Å². The second kappa shape index (κ2) is 4.99. The van der Waals surface area contributed by atoms with E-state index >= 15 is 0 Å².